The molecule has 1 N–H and O–H groups in total. The van der Waals surface area contributed by atoms with E-state index in [9.17, 15) is 9.59 Å². The van der Waals surface area contributed by atoms with Gasteiger partial charge in [-0.15, -0.1) is 0 Å². The van der Waals surface area contributed by atoms with Gasteiger partial charge in [-0.05, 0) is 51.0 Å². The zero-order valence-corrected chi connectivity index (χ0v) is 21.0. The maximum Gasteiger partial charge on any atom is 0.407 e. The molecule has 0 aliphatic heterocycles. The molecule has 0 bridgehead atoms. The standard InChI is InChI=1S/C29H41NO4/c1-4-5-6-7-8-9-10-11-12-13-14-15-19-22-26(28(31)33-2)24-27(30-29(32)34-3)23-25-20-17-16-18-21-25/h4-7,15-21,24,27H,8-14,22-23H2,1-3H3,(H,30,32)/b5-4+,7-6+,19-15+,26-24-/t27-/m0/s1. The molecule has 0 radical (unpaired) electrons. The number of hydrogen-bond donors (Lipinski definition) is 1. The van der Waals surface area contributed by atoms with E-state index in [1.165, 1.54) is 39.9 Å². The number of carbonyl (C=O) groups excluding carboxylic acids is 2. The fraction of sp³-hybridized carbons (Fsp3) is 0.448. The van der Waals surface area contributed by atoms with E-state index in [2.05, 4.69) is 29.6 Å². The number of esters is 1. The summed E-state index contributed by atoms with van der Waals surface area (Å²) in [5.74, 6) is -0.391. The zero-order chi connectivity index (χ0) is 24.9. The Morgan fingerprint density at radius 2 is 1.56 bits per heavy atom. The number of allylic oxidation sites excluding steroid dienone is 6. The van der Waals surface area contributed by atoms with Gasteiger partial charge >= 0.3 is 12.1 Å². The van der Waals surface area contributed by atoms with Crippen LogP contribution >= 0.6 is 0 Å². The number of carbonyl (C=O) groups is 2. The lowest BCUT2D eigenvalue weighted by Gasteiger charge is -2.16. The molecule has 0 aliphatic carbocycles. The second kappa shape index (κ2) is 19.4. The van der Waals surface area contributed by atoms with Gasteiger partial charge in [-0.1, -0.05) is 92.1 Å². The Morgan fingerprint density at radius 3 is 2.21 bits per heavy atom. The predicted molar refractivity (Wildman–Crippen MR) is 140 cm³/mol. The van der Waals surface area contributed by atoms with E-state index in [0.29, 0.717) is 18.4 Å². The Labute approximate surface area is 205 Å². The number of benzene rings is 1. The van der Waals surface area contributed by atoms with Crippen molar-refractivity contribution < 1.29 is 19.1 Å². The number of rotatable bonds is 16. The highest BCUT2D eigenvalue weighted by molar-refractivity contribution is 5.88. The second-order valence-electron chi connectivity index (χ2n) is 8.09. The van der Waals surface area contributed by atoms with Crippen LogP contribution in [0.4, 0.5) is 4.79 Å². The quantitative estimate of drug-likeness (QED) is 0.0948. The van der Waals surface area contributed by atoms with Crippen molar-refractivity contribution in [3.8, 4) is 0 Å². The van der Waals surface area contributed by atoms with Gasteiger partial charge in [0.25, 0.3) is 0 Å². The van der Waals surface area contributed by atoms with Crippen LogP contribution in [-0.4, -0.2) is 32.3 Å². The van der Waals surface area contributed by atoms with Crippen LogP contribution in [0.5, 0.6) is 0 Å². The van der Waals surface area contributed by atoms with Gasteiger partial charge in [-0.25, -0.2) is 9.59 Å². The van der Waals surface area contributed by atoms with Crippen molar-refractivity contribution in [3.05, 3.63) is 84.0 Å². The van der Waals surface area contributed by atoms with E-state index in [0.717, 1.165) is 24.8 Å². The first-order chi connectivity index (χ1) is 16.6. The van der Waals surface area contributed by atoms with Crippen molar-refractivity contribution >= 4 is 12.1 Å². The predicted octanol–water partition coefficient (Wildman–Crippen LogP) is 6.86. The molecule has 0 unspecified atom stereocenters. The summed E-state index contributed by atoms with van der Waals surface area (Å²) in [5, 5.41) is 2.80. The van der Waals surface area contributed by atoms with Crippen LogP contribution in [0.2, 0.25) is 0 Å². The van der Waals surface area contributed by atoms with Crippen LogP contribution in [0.15, 0.2) is 78.4 Å². The number of ether oxygens (including phenoxy) is 2. The van der Waals surface area contributed by atoms with Gasteiger partial charge < -0.3 is 14.8 Å². The maximum absolute atomic E-state index is 12.3. The van der Waals surface area contributed by atoms with Crippen LogP contribution in [-0.2, 0) is 20.7 Å². The Balaban J connectivity index is 2.53. The summed E-state index contributed by atoms with van der Waals surface area (Å²) < 4.78 is 9.72. The molecule has 34 heavy (non-hydrogen) atoms. The van der Waals surface area contributed by atoms with E-state index in [1.807, 2.05) is 49.4 Å². The molecule has 0 saturated carbocycles. The molecular weight excluding hydrogens is 426 g/mol. The molecule has 0 saturated heterocycles. The molecule has 0 heterocycles. The minimum absolute atomic E-state index is 0.384. The minimum Gasteiger partial charge on any atom is -0.466 e. The number of alkyl carbamates (subject to hydrolysis) is 1. The summed E-state index contributed by atoms with van der Waals surface area (Å²) >= 11 is 0. The third-order valence-corrected chi connectivity index (χ3v) is 5.32. The molecule has 1 aromatic carbocycles. The Hall–Kier alpha value is -3.08. The van der Waals surface area contributed by atoms with E-state index < -0.39 is 12.1 Å². The first-order valence-electron chi connectivity index (χ1n) is 12.2. The average Bonchev–Trinajstić information content (AvgIpc) is 2.86. The highest BCUT2D eigenvalue weighted by Crippen LogP contribution is 2.13. The fourth-order valence-corrected chi connectivity index (χ4v) is 3.49. The van der Waals surface area contributed by atoms with Gasteiger partial charge in [0.15, 0.2) is 0 Å². The topological polar surface area (TPSA) is 64.6 Å². The van der Waals surface area contributed by atoms with Crippen LogP contribution in [0.25, 0.3) is 0 Å². The Morgan fingerprint density at radius 1 is 0.882 bits per heavy atom. The van der Waals surface area contributed by atoms with E-state index in [-0.39, 0.29) is 6.04 Å². The minimum atomic E-state index is -0.536. The van der Waals surface area contributed by atoms with Crippen LogP contribution in [0, 0.1) is 0 Å². The van der Waals surface area contributed by atoms with Crippen molar-refractivity contribution in [1.82, 2.24) is 5.32 Å². The smallest absolute Gasteiger partial charge is 0.407 e. The molecule has 0 aromatic heterocycles. The molecule has 5 heteroatoms. The molecule has 1 aromatic rings. The van der Waals surface area contributed by atoms with Gasteiger partial charge in [0.05, 0.1) is 20.3 Å². The first-order valence-corrected chi connectivity index (χ1v) is 12.2. The zero-order valence-electron chi connectivity index (χ0n) is 21.0. The van der Waals surface area contributed by atoms with Crippen molar-refractivity contribution in [2.24, 2.45) is 0 Å². The van der Waals surface area contributed by atoms with Gasteiger partial charge in [0.1, 0.15) is 0 Å². The average molecular weight is 468 g/mol. The Bertz CT molecular complexity index is 809. The highest BCUT2D eigenvalue weighted by Gasteiger charge is 2.16. The molecular formula is C29H41NO4. The highest BCUT2D eigenvalue weighted by atomic mass is 16.5. The number of amides is 1. The van der Waals surface area contributed by atoms with Crippen LogP contribution < -0.4 is 5.32 Å². The van der Waals surface area contributed by atoms with Gasteiger partial charge in [-0.2, -0.15) is 0 Å². The molecule has 186 valence electrons. The van der Waals surface area contributed by atoms with Gasteiger partial charge in [-0.3, -0.25) is 0 Å². The summed E-state index contributed by atoms with van der Waals surface area (Å²) in [4.78, 5) is 24.1. The van der Waals surface area contributed by atoms with Crippen molar-refractivity contribution in [2.45, 2.75) is 70.8 Å². The second-order valence-corrected chi connectivity index (χ2v) is 8.09. The molecule has 0 fully saturated rings. The number of hydrogen-bond acceptors (Lipinski definition) is 4. The van der Waals surface area contributed by atoms with Crippen LogP contribution in [0.1, 0.15) is 63.9 Å². The monoisotopic (exact) mass is 467 g/mol. The fourth-order valence-electron chi connectivity index (χ4n) is 3.49. The van der Waals surface area contributed by atoms with Gasteiger partial charge in [0, 0.05) is 5.57 Å². The van der Waals surface area contributed by atoms with Crippen LogP contribution in [0.3, 0.4) is 0 Å². The lowest BCUT2D eigenvalue weighted by Crippen LogP contribution is -2.35. The van der Waals surface area contributed by atoms with Crippen molar-refractivity contribution in [1.29, 1.82) is 0 Å². The number of nitrogens with one attached hydrogen (secondary N) is 1. The van der Waals surface area contributed by atoms with Crippen molar-refractivity contribution in [2.75, 3.05) is 14.2 Å². The molecule has 1 amide bonds. The van der Waals surface area contributed by atoms with E-state index in [4.69, 9.17) is 9.47 Å². The van der Waals surface area contributed by atoms with E-state index >= 15 is 0 Å². The number of unbranched alkanes of at least 4 members (excludes halogenated alkanes) is 6. The summed E-state index contributed by atoms with van der Waals surface area (Å²) in [5.41, 5.74) is 1.57. The maximum atomic E-state index is 12.3. The largest absolute Gasteiger partial charge is 0.466 e. The normalized spacial score (nSPS) is 13.0. The molecule has 0 spiro atoms. The molecule has 1 atom stereocenters. The third kappa shape index (κ3) is 14.1. The summed E-state index contributed by atoms with van der Waals surface area (Å²) in [7, 11) is 2.70. The third-order valence-electron chi connectivity index (χ3n) is 5.32. The molecule has 5 nitrogen and oxygen atoms in total. The molecule has 1 rings (SSSR count). The SMILES string of the molecule is C/C=C/C=C/CCCCCCC/C=C/C/C(=C/[C@H](Cc1ccccc1)NC(=O)OC)C(=O)OC. The first kappa shape index (κ1) is 29.0. The summed E-state index contributed by atoms with van der Waals surface area (Å²) in [6, 6.07) is 9.42. The lowest BCUT2D eigenvalue weighted by molar-refractivity contribution is -0.136. The summed E-state index contributed by atoms with van der Waals surface area (Å²) in [6.07, 6.45) is 23.0. The number of methoxy groups -OCH3 is 2. The van der Waals surface area contributed by atoms with Gasteiger partial charge in [0.2, 0.25) is 0 Å². The Kier molecular flexibility index (Phi) is 16.5. The molecule has 0 aliphatic rings. The lowest BCUT2D eigenvalue weighted by atomic mass is 10.0. The van der Waals surface area contributed by atoms with Crippen molar-refractivity contribution in [3.63, 3.8) is 0 Å². The van der Waals surface area contributed by atoms with E-state index in [1.54, 1.807) is 6.08 Å². The summed E-state index contributed by atoms with van der Waals surface area (Å²) in [6.45, 7) is 2.02.